The molecule has 0 bridgehead atoms. The van der Waals surface area contributed by atoms with Gasteiger partial charge in [-0.25, -0.2) is 0 Å². The number of anilines is 1. The molecule has 3 rings (SSSR count). The maximum absolute atomic E-state index is 4.50. The lowest BCUT2D eigenvalue weighted by atomic mass is 9.83. The second-order valence-electron chi connectivity index (χ2n) is 5.79. The van der Waals surface area contributed by atoms with Crippen LogP contribution < -0.4 is 5.32 Å². The van der Waals surface area contributed by atoms with Crippen LogP contribution in [-0.4, -0.2) is 16.5 Å². The molecule has 2 aromatic rings. The van der Waals surface area contributed by atoms with Crippen LogP contribution in [0.2, 0.25) is 0 Å². The van der Waals surface area contributed by atoms with Gasteiger partial charge in [0, 0.05) is 23.4 Å². The number of hydrogen-bond acceptors (Lipinski definition) is 3. The van der Waals surface area contributed by atoms with Crippen molar-refractivity contribution in [2.45, 2.75) is 39.0 Å². The molecule has 20 heavy (non-hydrogen) atoms. The summed E-state index contributed by atoms with van der Waals surface area (Å²) in [6.07, 6.45) is 10.4. The van der Waals surface area contributed by atoms with Crippen LogP contribution in [-0.2, 0) is 0 Å². The van der Waals surface area contributed by atoms with Crippen molar-refractivity contribution in [3.05, 3.63) is 29.0 Å². The van der Waals surface area contributed by atoms with E-state index in [0.29, 0.717) is 5.41 Å². The first-order chi connectivity index (χ1) is 9.72. The van der Waals surface area contributed by atoms with Crippen LogP contribution in [0, 0.1) is 5.41 Å². The summed E-state index contributed by atoms with van der Waals surface area (Å²) in [6, 6.07) is 4.04. The molecule has 1 aliphatic rings. The second-order valence-corrected chi connectivity index (χ2v) is 6.71. The lowest BCUT2D eigenvalue weighted by Crippen LogP contribution is -2.26. The summed E-state index contributed by atoms with van der Waals surface area (Å²) < 4.78 is 0.968. The van der Waals surface area contributed by atoms with E-state index in [4.69, 9.17) is 0 Å². The maximum Gasteiger partial charge on any atom is 0.112 e. The van der Waals surface area contributed by atoms with Gasteiger partial charge in [-0.3, -0.25) is 9.97 Å². The van der Waals surface area contributed by atoms with Gasteiger partial charge in [-0.15, -0.1) is 0 Å². The smallest absolute Gasteiger partial charge is 0.112 e. The van der Waals surface area contributed by atoms with Crippen LogP contribution in [0.15, 0.2) is 29.0 Å². The Hall–Kier alpha value is -1.16. The zero-order valence-electron chi connectivity index (χ0n) is 11.8. The summed E-state index contributed by atoms with van der Waals surface area (Å²) >= 11 is 3.45. The molecule has 0 amide bonds. The molecule has 0 aromatic carbocycles. The van der Waals surface area contributed by atoms with E-state index in [1.54, 1.807) is 0 Å². The van der Waals surface area contributed by atoms with E-state index < -0.39 is 0 Å². The quantitative estimate of drug-likeness (QED) is 0.875. The zero-order valence-corrected chi connectivity index (χ0v) is 13.4. The average Bonchev–Trinajstić information content (AvgIpc) is 2.94. The topological polar surface area (TPSA) is 37.8 Å². The number of fused-ring (bicyclic) bond motifs is 1. The van der Waals surface area contributed by atoms with E-state index in [9.17, 15) is 0 Å². The highest BCUT2D eigenvalue weighted by Crippen LogP contribution is 2.41. The Morgan fingerprint density at radius 1 is 1.30 bits per heavy atom. The Balaban J connectivity index is 1.84. The molecule has 1 saturated carbocycles. The molecule has 4 heteroatoms. The third-order valence-corrected chi connectivity index (χ3v) is 5.05. The van der Waals surface area contributed by atoms with Crippen LogP contribution in [0.5, 0.6) is 0 Å². The van der Waals surface area contributed by atoms with Crippen molar-refractivity contribution in [2.24, 2.45) is 5.41 Å². The largest absolute Gasteiger partial charge is 0.383 e. The summed E-state index contributed by atoms with van der Waals surface area (Å²) in [6.45, 7) is 3.35. The summed E-state index contributed by atoms with van der Waals surface area (Å²) in [5.74, 6) is 0. The fraction of sp³-hybridized carbons (Fsp3) is 0.500. The lowest BCUT2D eigenvalue weighted by Gasteiger charge is -2.28. The predicted molar refractivity (Wildman–Crippen MR) is 86.9 cm³/mol. The molecule has 2 heterocycles. The third kappa shape index (κ3) is 2.66. The minimum Gasteiger partial charge on any atom is -0.383 e. The highest BCUT2D eigenvalue weighted by atomic mass is 79.9. The maximum atomic E-state index is 4.50. The molecular formula is C16H20BrN3. The zero-order chi connectivity index (χ0) is 14.0. The summed E-state index contributed by atoms with van der Waals surface area (Å²) in [5, 5.41) is 3.62. The predicted octanol–water partition coefficient (Wildman–Crippen LogP) is 4.77. The highest BCUT2D eigenvalue weighted by molar-refractivity contribution is 9.10. The molecule has 0 spiro atoms. The van der Waals surface area contributed by atoms with Gasteiger partial charge in [-0.05, 0) is 52.7 Å². The molecule has 0 radical (unpaired) electrons. The number of rotatable bonds is 4. The Kier molecular flexibility index (Phi) is 3.92. The lowest BCUT2D eigenvalue weighted by molar-refractivity contribution is 0.307. The Labute approximate surface area is 128 Å². The van der Waals surface area contributed by atoms with E-state index in [-0.39, 0.29) is 0 Å². The highest BCUT2D eigenvalue weighted by Gasteiger charge is 2.31. The normalized spacial score (nSPS) is 17.5. The van der Waals surface area contributed by atoms with E-state index in [2.05, 4.69) is 38.1 Å². The molecular weight excluding hydrogens is 314 g/mol. The van der Waals surface area contributed by atoms with Gasteiger partial charge in [0.25, 0.3) is 0 Å². The van der Waals surface area contributed by atoms with Gasteiger partial charge in [0.2, 0.25) is 0 Å². The monoisotopic (exact) mass is 333 g/mol. The van der Waals surface area contributed by atoms with Crippen molar-refractivity contribution in [3.63, 3.8) is 0 Å². The van der Waals surface area contributed by atoms with Gasteiger partial charge < -0.3 is 5.32 Å². The average molecular weight is 334 g/mol. The van der Waals surface area contributed by atoms with Gasteiger partial charge in [-0.1, -0.05) is 19.8 Å². The molecule has 3 nitrogen and oxygen atoms in total. The molecule has 0 unspecified atom stereocenters. The van der Waals surface area contributed by atoms with E-state index in [1.807, 2.05) is 24.5 Å². The Morgan fingerprint density at radius 3 is 2.85 bits per heavy atom. The minimum atomic E-state index is 0.477. The number of aromatic nitrogens is 2. The first kappa shape index (κ1) is 13.8. The number of nitrogens with zero attached hydrogens (tertiary/aromatic N) is 2. The molecule has 0 aliphatic heterocycles. The number of halogens is 1. The molecule has 1 N–H and O–H groups in total. The number of hydrogen-bond donors (Lipinski definition) is 1. The van der Waals surface area contributed by atoms with Crippen molar-refractivity contribution >= 4 is 32.7 Å². The van der Waals surface area contributed by atoms with E-state index in [1.165, 1.54) is 32.1 Å². The van der Waals surface area contributed by atoms with Gasteiger partial charge in [0.1, 0.15) is 5.52 Å². The van der Waals surface area contributed by atoms with Crippen LogP contribution in [0.4, 0.5) is 5.69 Å². The van der Waals surface area contributed by atoms with Crippen molar-refractivity contribution in [1.29, 1.82) is 0 Å². The fourth-order valence-corrected chi connectivity index (χ4v) is 3.53. The summed E-state index contributed by atoms with van der Waals surface area (Å²) in [5.41, 5.74) is 3.47. The van der Waals surface area contributed by atoms with Crippen LogP contribution >= 0.6 is 15.9 Å². The van der Waals surface area contributed by atoms with Gasteiger partial charge in [0.15, 0.2) is 0 Å². The van der Waals surface area contributed by atoms with Crippen molar-refractivity contribution in [1.82, 2.24) is 9.97 Å². The molecule has 1 fully saturated rings. The molecule has 0 saturated heterocycles. The van der Waals surface area contributed by atoms with E-state index >= 15 is 0 Å². The molecule has 0 atom stereocenters. The van der Waals surface area contributed by atoms with Crippen LogP contribution in [0.3, 0.4) is 0 Å². The van der Waals surface area contributed by atoms with Gasteiger partial charge in [0.05, 0.1) is 11.2 Å². The standard InChI is InChI=1S/C16H20BrN3/c1-2-16(6-3-4-7-16)11-20-13-5-8-18-14-9-12(17)10-19-15(13)14/h5,8-10H,2-4,6-7,11H2,1H3,(H,18,20). The first-order valence-electron chi connectivity index (χ1n) is 7.37. The van der Waals surface area contributed by atoms with Gasteiger partial charge in [-0.2, -0.15) is 0 Å². The Morgan fingerprint density at radius 2 is 2.10 bits per heavy atom. The molecule has 1 aliphatic carbocycles. The minimum absolute atomic E-state index is 0.477. The Bertz CT molecular complexity index is 606. The van der Waals surface area contributed by atoms with Crippen molar-refractivity contribution < 1.29 is 0 Å². The first-order valence-corrected chi connectivity index (χ1v) is 8.16. The third-order valence-electron chi connectivity index (χ3n) is 4.61. The van der Waals surface area contributed by atoms with Crippen molar-refractivity contribution in [3.8, 4) is 0 Å². The summed E-state index contributed by atoms with van der Waals surface area (Å²) in [7, 11) is 0. The summed E-state index contributed by atoms with van der Waals surface area (Å²) in [4.78, 5) is 8.89. The fourth-order valence-electron chi connectivity index (χ4n) is 3.21. The van der Waals surface area contributed by atoms with Gasteiger partial charge >= 0.3 is 0 Å². The van der Waals surface area contributed by atoms with E-state index in [0.717, 1.165) is 27.7 Å². The van der Waals surface area contributed by atoms with Crippen molar-refractivity contribution in [2.75, 3.05) is 11.9 Å². The number of pyridine rings is 2. The molecule has 106 valence electrons. The van der Waals surface area contributed by atoms with Crippen LogP contribution in [0.25, 0.3) is 11.0 Å². The second kappa shape index (κ2) is 5.68. The number of nitrogens with one attached hydrogen (secondary N) is 1. The van der Waals surface area contributed by atoms with Crippen LogP contribution in [0.1, 0.15) is 39.0 Å². The molecule has 2 aromatic heterocycles. The SMILES string of the molecule is CCC1(CNc2ccnc3cc(Br)cnc23)CCCC1.